The number of esters is 1. The van der Waals surface area contributed by atoms with Crippen molar-refractivity contribution in [3.8, 4) is 0 Å². The maximum atomic E-state index is 13.6. The number of benzene rings is 3. The maximum Gasteiger partial charge on any atom is 0.491 e. The molecule has 1 aliphatic heterocycles. The number of hydrogen-bond acceptors (Lipinski definition) is 5. The highest BCUT2D eigenvalue weighted by Gasteiger charge is 2.57. The van der Waals surface area contributed by atoms with Gasteiger partial charge in [0.25, 0.3) is 5.91 Å². The van der Waals surface area contributed by atoms with Crippen molar-refractivity contribution in [3.05, 3.63) is 95.1 Å². The lowest BCUT2D eigenvalue weighted by Crippen LogP contribution is -2.49. The van der Waals surface area contributed by atoms with Gasteiger partial charge in [0, 0.05) is 23.7 Å². The van der Waals surface area contributed by atoms with Gasteiger partial charge in [-0.15, -0.1) is 0 Å². The van der Waals surface area contributed by atoms with Crippen molar-refractivity contribution in [2.24, 2.45) is 0 Å². The lowest BCUT2D eigenvalue weighted by molar-refractivity contribution is -0.222. The largest absolute Gasteiger partial charge is 0.491 e. The Morgan fingerprint density at radius 2 is 1.76 bits per heavy atom. The van der Waals surface area contributed by atoms with Crippen LogP contribution in [0.5, 0.6) is 0 Å². The van der Waals surface area contributed by atoms with Crippen LogP contribution in [0.2, 0.25) is 0 Å². The summed E-state index contributed by atoms with van der Waals surface area (Å²) in [5, 5.41) is 9.28. The number of nitrogens with one attached hydrogen (secondary N) is 1. The highest BCUT2D eigenvalue weighted by atomic mass is 19.4. The Morgan fingerprint density at radius 3 is 2.45 bits per heavy atom. The van der Waals surface area contributed by atoms with Crippen LogP contribution < -0.4 is 4.90 Å². The summed E-state index contributed by atoms with van der Waals surface area (Å²) < 4.78 is 46.0. The van der Waals surface area contributed by atoms with Crippen LogP contribution >= 0.6 is 0 Å². The summed E-state index contributed by atoms with van der Waals surface area (Å²) in [6.45, 7) is -0.173. The van der Waals surface area contributed by atoms with Crippen molar-refractivity contribution in [2.75, 3.05) is 11.9 Å². The van der Waals surface area contributed by atoms with E-state index >= 15 is 0 Å². The number of fused-ring (bicyclic) bond motifs is 2. The molecule has 0 saturated carbocycles. The van der Waals surface area contributed by atoms with Crippen LogP contribution in [0.4, 0.5) is 23.9 Å². The Balaban J connectivity index is 1.75. The minimum atomic E-state index is -5.35. The predicted molar refractivity (Wildman–Crippen MR) is 128 cm³/mol. The molecule has 0 bridgehead atoms. The Kier molecular flexibility index (Phi) is 5.81. The quantitative estimate of drug-likeness (QED) is 0.368. The number of aromatic amines is 1. The van der Waals surface area contributed by atoms with E-state index in [0.29, 0.717) is 11.1 Å². The number of H-pyrrole nitrogens is 1. The van der Waals surface area contributed by atoms with Crippen molar-refractivity contribution in [3.63, 3.8) is 0 Å². The van der Waals surface area contributed by atoms with Gasteiger partial charge in [-0.05, 0) is 23.8 Å². The number of imidazole rings is 1. The topological polar surface area (TPSA) is 116 Å². The molecule has 3 aromatic carbocycles. The molecule has 2 amide bonds. The Labute approximate surface area is 213 Å². The number of hydrogen-bond donors (Lipinski definition) is 2. The van der Waals surface area contributed by atoms with E-state index in [4.69, 9.17) is 4.74 Å². The van der Waals surface area contributed by atoms with E-state index in [1.54, 1.807) is 36.4 Å². The fraction of sp³-hybridized carbons (Fsp3) is 0.154. The molecule has 4 aromatic rings. The highest BCUT2D eigenvalue weighted by molar-refractivity contribution is 6.01. The number of anilines is 1. The van der Waals surface area contributed by atoms with Gasteiger partial charge in [-0.2, -0.15) is 13.2 Å². The van der Waals surface area contributed by atoms with E-state index in [1.165, 1.54) is 43.4 Å². The van der Waals surface area contributed by atoms with E-state index < -0.39 is 29.9 Å². The van der Waals surface area contributed by atoms with Crippen LogP contribution in [0, 0.1) is 0 Å². The third-order valence-corrected chi connectivity index (χ3v) is 6.27. The van der Waals surface area contributed by atoms with Gasteiger partial charge in [0.05, 0.1) is 17.6 Å². The number of amides is 2. The monoisotopic (exact) mass is 524 g/mol. The van der Waals surface area contributed by atoms with Crippen LogP contribution in [0.3, 0.4) is 0 Å². The second-order valence-electron chi connectivity index (χ2n) is 8.59. The first-order valence-corrected chi connectivity index (χ1v) is 11.2. The molecule has 0 aliphatic carbocycles. The number of halogens is 3. The molecule has 2 heterocycles. The third kappa shape index (κ3) is 3.99. The summed E-state index contributed by atoms with van der Waals surface area (Å²) in [6.07, 6.45) is -6.63. The van der Waals surface area contributed by atoms with E-state index in [0.717, 1.165) is 9.80 Å². The normalized spacial score (nSPS) is 16.9. The minimum absolute atomic E-state index is 0.0324. The molecule has 9 nitrogen and oxygen atoms in total. The molecule has 0 saturated heterocycles. The van der Waals surface area contributed by atoms with Gasteiger partial charge in [0.1, 0.15) is 0 Å². The van der Waals surface area contributed by atoms with Crippen molar-refractivity contribution in [1.29, 1.82) is 0 Å². The zero-order chi connectivity index (χ0) is 27.2. The fourth-order valence-electron chi connectivity index (χ4n) is 4.48. The van der Waals surface area contributed by atoms with Crippen LogP contribution in [-0.2, 0) is 21.8 Å². The fourth-order valence-corrected chi connectivity index (χ4v) is 4.48. The lowest BCUT2D eigenvalue weighted by atomic mass is 9.92. The summed E-state index contributed by atoms with van der Waals surface area (Å²) in [6, 6.07) is 18.8. The smallest absolute Gasteiger partial charge is 0.465 e. The van der Waals surface area contributed by atoms with Crippen molar-refractivity contribution < 1.29 is 37.4 Å². The Morgan fingerprint density at radius 1 is 1.08 bits per heavy atom. The zero-order valence-corrected chi connectivity index (χ0v) is 19.7. The van der Waals surface area contributed by atoms with Crippen LogP contribution in [-0.4, -0.2) is 51.2 Å². The molecular formula is C26H19F3N4O5. The Bertz CT molecular complexity index is 1570. The van der Waals surface area contributed by atoms with Crippen LogP contribution in [0.1, 0.15) is 27.0 Å². The van der Waals surface area contributed by atoms with Crippen LogP contribution in [0.25, 0.3) is 11.0 Å². The van der Waals surface area contributed by atoms with Gasteiger partial charge >= 0.3 is 18.2 Å². The van der Waals surface area contributed by atoms with E-state index in [9.17, 15) is 32.7 Å². The molecule has 2 N–H and O–H groups in total. The summed E-state index contributed by atoms with van der Waals surface area (Å²) >= 11 is 0. The molecule has 5 rings (SSSR count). The molecule has 12 heteroatoms. The number of rotatable bonds is 5. The Hall–Kier alpha value is -4.87. The average molecular weight is 524 g/mol. The summed E-state index contributed by atoms with van der Waals surface area (Å²) in [5.74, 6) is -3.14. The van der Waals surface area contributed by atoms with Crippen molar-refractivity contribution in [1.82, 2.24) is 14.9 Å². The number of carbonyl (C=O) groups is 3. The molecule has 0 fully saturated rings. The van der Waals surface area contributed by atoms with E-state index in [-0.39, 0.29) is 34.7 Å². The van der Waals surface area contributed by atoms with Gasteiger partial charge in [-0.3, -0.25) is 14.6 Å². The van der Waals surface area contributed by atoms with E-state index in [2.05, 4.69) is 9.97 Å². The first-order chi connectivity index (χ1) is 18.0. The summed E-state index contributed by atoms with van der Waals surface area (Å²) in [4.78, 5) is 46.3. The van der Waals surface area contributed by atoms with Crippen LogP contribution in [0.15, 0.2) is 72.8 Å². The number of carboxylic acid groups (broad SMARTS) is 1. The molecule has 1 atom stereocenters. The highest BCUT2D eigenvalue weighted by Crippen LogP contribution is 2.47. The first-order valence-electron chi connectivity index (χ1n) is 11.2. The van der Waals surface area contributed by atoms with Gasteiger partial charge in [-0.25, -0.2) is 14.6 Å². The predicted octanol–water partition coefficient (Wildman–Crippen LogP) is 4.64. The molecule has 194 valence electrons. The first kappa shape index (κ1) is 24.8. The number of aromatic nitrogens is 2. The standard InChI is InChI=1S/C26H19F3N4O5/c1-32(24(36)37)23-30-19-12-11-16(13-20(19)31-23)25(38-22(35)26(27,28)29)18-10-6-5-9-17(18)21(34)33(25)14-15-7-3-2-4-8-15/h2-13H,14H2,1H3,(H,30,31)(H,36,37). The number of nitrogens with zero attached hydrogens (tertiary/aromatic N) is 3. The molecule has 1 unspecified atom stereocenters. The van der Waals surface area contributed by atoms with E-state index in [1.807, 2.05) is 0 Å². The molecule has 1 aromatic heterocycles. The minimum Gasteiger partial charge on any atom is -0.465 e. The number of alkyl halides is 3. The number of ether oxygens (including phenoxy) is 1. The zero-order valence-electron chi connectivity index (χ0n) is 19.7. The van der Waals surface area contributed by atoms with Crippen molar-refractivity contribution in [2.45, 2.75) is 18.4 Å². The maximum absolute atomic E-state index is 13.6. The SMILES string of the molecule is CN(C(=O)O)c1nc2ccc(C3(OC(=O)C(F)(F)F)c4ccccc4C(=O)N3Cc3ccccc3)cc2[nH]1. The molecule has 0 radical (unpaired) electrons. The summed E-state index contributed by atoms with van der Waals surface area (Å²) in [5.41, 5.74) is -0.964. The van der Waals surface area contributed by atoms with Crippen molar-refractivity contribution >= 4 is 35.0 Å². The average Bonchev–Trinajstić information content (AvgIpc) is 3.42. The van der Waals surface area contributed by atoms with Gasteiger partial charge in [0.15, 0.2) is 0 Å². The molecule has 0 spiro atoms. The van der Waals surface area contributed by atoms with Gasteiger partial charge in [0.2, 0.25) is 11.7 Å². The van der Waals surface area contributed by atoms with Gasteiger partial charge in [-0.1, -0.05) is 54.6 Å². The molecule has 1 aliphatic rings. The summed E-state index contributed by atoms with van der Waals surface area (Å²) in [7, 11) is 1.26. The number of carbonyl (C=O) groups excluding carboxylic acids is 2. The second-order valence-corrected chi connectivity index (χ2v) is 8.59. The third-order valence-electron chi connectivity index (χ3n) is 6.27. The second kappa shape index (κ2) is 8.91. The lowest BCUT2D eigenvalue weighted by Gasteiger charge is -2.39. The van der Waals surface area contributed by atoms with Gasteiger partial charge < -0.3 is 14.8 Å². The molecular weight excluding hydrogens is 505 g/mol. The molecule has 38 heavy (non-hydrogen) atoms.